The Morgan fingerprint density at radius 3 is 2.75 bits per heavy atom. The van der Waals surface area contributed by atoms with Gasteiger partial charge in [0.1, 0.15) is 6.04 Å². The minimum atomic E-state index is -0.531. The normalized spacial score (nSPS) is 34.8. The monoisotopic (exact) mass is 170 g/mol. The van der Waals surface area contributed by atoms with Crippen molar-refractivity contribution in [2.75, 3.05) is 13.6 Å². The lowest BCUT2D eigenvalue weighted by Crippen LogP contribution is -2.31. The Morgan fingerprint density at radius 2 is 2.17 bits per heavy atom. The summed E-state index contributed by atoms with van der Waals surface area (Å²) in [4.78, 5) is 25.1. The van der Waals surface area contributed by atoms with Crippen LogP contribution in [-0.2, 0) is 4.79 Å². The van der Waals surface area contributed by atoms with Crippen LogP contribution in [0.25, 0.3) is 0 Å². The number of carbonyl (C=O) groups excluding carboxylic acids is 2. The van der Waals surface area contributed by atoms with Crippen LogP contribution in [0, 0.1) is 0 Å². The molecule has 2 rings (SSSR count). The lowest BCUT2D eigenvalue weighted by molar-refractivity contribution is -0.127. The number of aliphatic hydroxyl groups is 1. The maximum absolute atomic E-state index is 11.3. The second-order valence-electron chi connectivity index (χ2n) is 3.24. The highest BCUT2D eigenvalue weighted by Gasteiger charge is 2.48. The van der Waals surface area contributed by atoms with E-state index in [2.05, 4.69) is 0 Å². The van der Waals surface area contributed by atoms with Gasteiger partial charge in [-0.25, -0.2) is 4.79 Å². The van der Waals surface area contributed by atoms with Gasteiger partial charge in [0.05, 0.1) is 6.10 Å². The molecule has 1 unspecified atom stereocenters. The summed E-state index contributed by atoms with van der Waals surface area (Å²) >= 11 is 0. The van der Waals surface area contributed by atoms with Crippen molar-refractivity contribution in [1.82, 2.24) is 9.80 Å². The van der Waals surface area contributed by atoms with E-state index in [-0.39, 0.29) is 11.9 Å². The van der Waals surface area contributed by atoms with Crippen LogP contribution in [0.15, 0.2) is 0 Å². The van der Waals surface area contributed by atoms with Crippen LogP contribution in [0.3, 0.4) is 0 Å². The molecule has 12 heavy (non-hydrogen) atoms. The maximum Gasteiger partial charge on any atom is 0.327 e. The molecular formula is C7H10N2O3. The highest BCUT2D eigenvalue weighted by atomic mass is 16.3. The van der Waals surface area contributed by atoms with Gasteiger partial charge in [0.25, 0.3) is 5.91 Å². The maximum atomic E-state index is 11.3. The SMILES string of the molecule is CN1C(=O)C2C[C@@H](O)CN2C1=O. The Balaban J connectivity index is 2.27. The molecule has 0 spiro atoms. The molecule has 5 heteroatoms. The van der Waals surface area contributed by atoms with Gasteiger partial charge < -0.3 is 10.0 Å². The third kappa shape index (κ3) is 0.768. The van der Waals surface area contributed by atoms with E-state index < -0.39 is 12.1 Å². The topological polar surface area (TPSA) is 60.9 Å². The molecule has 66 valence electrons. The summed E-state index contributed by atoms with van der Waals surface area (Å²) in [6, 6.07) is -0.695. The van der Waals surface area contributed by atoms with E-state index in [1.807, 2.05) is 0 Å². The first kappa shape index (κ1) is 7.54. The number of carbonyl (C=O) groups is 2. The van der Waals surface area contributed by atoms with Crippen molar-refractivity contribution in [2.24, 2.45) is 0 Å². The minimum Gasteiger partial charge on any atom is -0.391 e. The molecular weight excluding hydrogens is 160 g/mol. The average molecular weight is 170 g/mol. The van der Waals surface area contributed by atoms with E-state index >= 15 is 0 Å². The van der Waals surface area contributed by atoms with E-state index in [1.165, 1.54) is 11.9 Å². The Kier molecular flexibility index (Phi) is 1.38. The van der Waals surface area contributed by atoms with Gasteiger partial charge in [0.15, 0.2) is 0 Å². The minimum absolute atomic E-state index is 0.198. The molecule has 0 radical (unpaired) electrons. The van der Waals surface area contributed by atoms with Crippen LogP contribution in [0.5, 0.6) is 0 Å². The smallest absolute Gasteiger partial charge is 0.327 e. The summed E-state index contributed by atoms with van der Waals surface area (Å²) in [5.74, 6) is -0.198. The molecule has 0 aromatic carbocycles. The van der Waals surface area contributed by atoms with Gasteiger partial charge in [-0.1, -0.05) is 0 Å². The van der Waals surface area contributed by atoms with Gasteiger partial charge >= 0.3 is 6.03 Å². The van der Waals surface area contributed by atoms with E-state index in [0.717, 1.165) is 4.90 Å². The number of aliphatic hydroxyl groups excluding tert-OH is 1. The first-order valence-corrected chi connectivity index (χ1v) is 3.87. The summed E-state index contributed by atoms with van der Waals surface area (Å²) in [7, 11) is 1.47. The van der Waals surface area contributed by atoms with E-state index in [1.54, 1.807) is 0 Å². The van der Waals surface area contributed by atoms with E-state index in [0.29, 0.717) is 13.0 Å². The number of urea groups is 1. The number of nitrogens with zero attached hydrogens (tertiary/aromatic N) is 2. The number of hydrogen-bond donors (Lipinski definition) is 1. The van der Waals surface area contributed by atoms with Crippen molar-refractivity contribution in [3.8, 4) is 0 Å². The molecule has 2 aliphatic heterocycles. The zero-order chi connectivity index (χ0) is 8.88. The van der Waals surface area contributed by atoms with Crippen LogP contribution in [-0.4, -0.2) is 52.6 Å². The van der Waals surface area contributed by atoms with Gasteiger partial charge in [-0.05, 0) is 0 Å². The predicted octanol–water partition coefficient (Wildman–Crippen LogP) is -0.986. The van der Waals surface area contributed by atoms with Crippen molar-refractivity contribution in [1.29, 1.82) is 0 Å². The fourth-order valence-corrected chi connectivity index (χ4v) is 1.77. The largest absolute Gasteiger partial charge is 0.391 e. The van der Waals surface area contributed by atoms with Crippen LogP contribution in [0.1, 0.15) is 6.42 Å². The van der Waals surface area contributed by atoms with Crippen LogP contribution < -0.4 is 0 Å². The first-order valence-electron chi connectivity index (χ1n) is 3.87. The molecule has 0 aliphatic carbocycles. The average Bonchev–Trinajstić information content (AvgIpc) is 2.49. The lowest BCUT2D eigenvalue weighted by Gasteiger charge is -2.11. The van der Waals surface area contributed by atoms with Crippen molar-refractivity contribution in [3.05, 3.63) is 0 Å². The first-order chi connectivity index (χ1) is 5.61. The molecule has 5 nitrogen and oxygen atoms in total. The molecule has 0 bridgehead atoms. The summed E-state index contributed by atoms with van der Waals surface area (Å²) in [6.07, 6.45) is -0.147. The van der Waals surface area contributed by atoms with Crippen LogP contribution in [0.2, 0.25) is 0 Å². The molecule has 2 heterocycles. The van der Waals surface area contributed by atoms with Crippen molar-refractivity contribution in [2.45, 2.75) is 18.6 Å². The molecule has 0 aromatic rings. The number of hydrogen-bond acceptors (Lipinski definition) is 3. The van der Waals surface area contributed by atoms with Crippen molar-refractivity contribution >= 4 is 11.9 Å². The molecule has 1 N–H and O–H groups in total. The van der Waals surface area contributed by atoms with Crippen molar-refractivity contribution in [3.63, 3.8) is 0 Å². The van der Waals surface area contributed by atoms with E-state index in [9.17, 15) is 14.7 Å². The van der Waals surface area contributed by atoms with Gasteiger partial charge in [-0.2, -0.15) is 0 Å². The highest BCUT2D eigenvalue weighted by Crippen LogP contribution is 2.26. The second kappa shape index (κ2) is 2.20. The van der Waals surface area contributed by atoms with Gasteiger partial charge in [-0.15, -0.1) is 0 Å². The highest BCUT2D eigenvalue weighted by molar-refractivity contribution is 6.04. The quantitative estimate of drug-likeness (QED) is 0.475. The van der Waals surface area contributed by atoms with E-state index in [4.69, 9.17) is 0 Å². The predicted molar refractivity (Wildman–Crippen MR) is 39.3 cm³/mol. The summed E-state index contributed by atoms with van der Waals surface area (Å²) in [6.45, 7) is 0.291. The number of fused-ring (bicyclic) bond motifs is 1. The third-order valence-corrected chi connectivity index (χ3v) is 2.43. The van der Waals surface area contributed by atoms with Gasteiger partial charge in [0, 0.05) is 20.0 Å². The fraction of sp³-hybridized carbons (Fsp3) is 0.714. The molecule has 2 atom stereocenters. The van der Waals surface area contributed by atoms with Gasteiger partial charge in [-0.3, -0.25) is 9.69 Å². The molecule has 2 aliphatic rings. The summed E-state index contributed by atoms with van der Waals surface area (Å²) in [5.41, 5.74) is 0. The lowest BCUT2D eigenvalue weighted by atomic mass is 10.2. The van der Waals surface area contributed by atoms with Crippen molar-refractivity contribution < 1.29 is 14.7 Å². The Morgan fingerprint density at radius 1 is 1.50 bits per heavy atom. The third-order valence-electron chi connectivity index (χ3n) is 2.43. The fourth-order valence-electron chi connectivity index (χ4n) is 1.77. The molecule has 3 amide bonds. The molecule has 0 aromatic heterocycles. The number of rotatable bonds is 0. The molecule has 2 saturated heterocycles. The number of likely N-dealkylation sites (N-methyl/N-ethyl adjacent to an activating group) is 1. The summed E-state index contributed by atoms with van der Waals surface area (Å²) in [5, 5.41) is 9.19. The number of imide groups is 1. The zero-order valence-electron chi connectivity index (χ0n) is 6.73. The van der Waals surface area contributed by atoms with Gasteiger partial charge in [0.2, 0.25) is 0 Å². The molecule has 2 fully saturated rings. The molecule has 0 saturated carbocycles. The zero-order valence-corrected chi connectivity index (χ0v) is 6.73. The standard InChI is InChI=1S/C7H10N2O3/c1-8-6(11)5-2-4(10)3-9(5)7(8)12/h4-5,10H,2-3H2,1H3/t4-,5?/m1/s1. The second-order valence-corrected chi connectivity index (χ2v) is 3.24. The summed E-state index contributed by atoms with van der Waals surface area (Å²) < 4.78 is 0. The van der Waals surface area contributed by atoms with Crippen LogP contribution in [0.4, 0.5) is 4.79 Å². The Bertz CT molecular complexity index is 229. The van der Waals surface area contributed by atoms with Crippen LogP contribution >= 0.6 is 0 Å². The Labute approximate surface area is 69.6 Å². The Hall–Kier alpha value is -1.10. The number of amides is 3.